The van der Waals surface area contributed by atoms with Gasteiger partial charge in [-0.2, -0.15) is 0 Å². The van der Waals surface area contributed by atoms with Gasteiger partial charge in [-0.3, -0.25) is 0 Å². The van der Waals surface area contributed by atoms with Gasteiger partial charge in [0.25, 0.3) is 0 Å². The Morgan fingerprint density at radius 2 is 2.30 bits per heavy atom. The molecular formula is C9H9Br. The van der Waals surface area contributed by atoms with Crippen molar-refractivity contribution in [3.8, 4) is 10.8 Å². The van der Waals surface area contributed by atoms with Crippen LogP contribution in [0.3, 0.4) is 0 Å². The molecule has 52 valence electrons. The van der Waals surface area contributed by atoms with Gasteiger partial charge in [-0.1, -0.05) is 30.7 Å². The maximum atomic E-state index is 3.61. The quantitative estimate of drug-likeness (QED) is 0.471. The first-order valence-electron chi connectivity index (χ1n) is 2.92. The summed E-state index contributed by atoms with van der Waals surface area (Å²) in [5.41, 5.74) is 0.912. The fraction of sp³-hybridized carbons (Fsp3) is 0.111. The lowest BCUT2D eigenvalue weighted by Crippen LogP contribution is -1.66. The van der Waals surface area contributed by atoms with Gasteiger partial charge in [0.05, 0.1) is 0 Å². The van der Waals surface area contributed by atoms with Crippen LogP contribution in [-0.2, 0) is 0 Å². The molecule has 0 aliphatic heterocycles. The van der Waals surface area contributed by atoms with Crippen LogP contribution in [0.25, 0.3) is 0 Å². The summed E-state index contributed by atoms with van der Waals surface area (Å²) in [4.78, 5) is 2.62. The lowest BCUT2D eigenvalue weighted by Gasteiger charge is -1.82. The van der Waals surface area contributed by atoms with Crippen molar-refractivity contribution >= 4 is 15.9 Å². The Kier molecular flexibility index (Phi) is 5.91. The van der Waals surface area contributed by atoms with E-state index in [1.807, 2.05) is 25.2 Å². The van der Waals surface area contributed by atoms with Crippen LogP contribution in [0.1, 0.15) is 6.92 Å². The van der Waals surface area contributed by atoms with E-state index < -0.39 is 0 Å². The molecule has 0 aromatic rings. The maximum absolute atomic E-state index is 3.61. The summed E-state index contributed by atoms with van der Waals surface area (Å²) < 4.78 is 0. The second kappa shape index (κ2) is 6.38. The summed E-state index contributed by atoms with van der Waals surface area (Å²) in [6.45, 7) is 5.56. The van der Waals surface area contributed by atoms with E-state index in [9.17, 15) is 0 Å². The lowest BCUT2D eigenvalue weighted by molar-refractivity contribution is 1.70. The Hall–Kier alpha value is -0.740. The topological polar surface area (TPSA) is 0 Å². The maximum Gasteiger partial charge on any atom is 0.0248 e. The van der Waals surface area contributed by atoms with E-state index in [-0.39, 0.29) is 0 Å². The minimum atomic E-state index is 0.912. The minimum Gasteiger partial charge on any atom is -0.0978 e. The molecule has 0 heterocycles. The van der Waals surface area contributed by atoms with E-state index in [1.165, 1.54) is 0 Å². The Labute approximate surface area is 70.5 Å². The van der Waals surface area contributed by atoms with Crippen molar-refractivity contribution in [3.05, 3.63) is 36.5 Å². The third-order valence-electron chi connectivity index (χ3n) is 0.880. The number of halogens is 1. The molecule has 0 rings (SSSR count). The molecule has 0 aliphatic carbocycles. The standard InChI is InChI=1S/C9H9Br/c1-3-5-6-9(4-2)7-8-10/h3-6H,2H2,1H3/b5-3-,9-6+. The minimum absolute atomic E-state index is 0.912. The predicted molar refractivity (Wildman–Crippen MR) is 49.8 cm³/mol. The van der Waals surface area contributed by atoms with E-state index in [0.717, 1.165) is 5.57 Å². The van der Waals surface area contributed by atoms with Gasteiger partial charge in [0, 0.05) is 21.5 Å². The third-order valence-corrected chi connectivity index (χ3v) is 1.08. The average molecular weight is 197 g/mol. The highest BCUT2D eigenvalue weighted by Crippen LogP contribution is 1.94. The van der Waals surface area contributed by atoms with Gasteiger partial charge >= 0.3 is 0 Å². The van der Waals surface area contributed by atoms with Gasteiger partial charge in [0.2, 0.25) is 0 Å². The SMILES string of the molecule is C=C/C(C#CBr)=C\C=C/C. The van der Waals surface area contributed by atoms with E-state index in [0.29, 0.717) is 0 Å². The normalized spacial score (nSPS) is 10.8. The van der Waals surface area contributed by atoms with Crippen LogP contribution < -0.4 is 0 Å². The van der Waals surface area contributed by atoms with Crippen LogP contribution in [0.5, 0.6) is 0 Å². The molecule has 10 heavy (non-hydrogen) atoms. The van der Waals surface area contributed by atoms with Crippen LogP contribution in [0.4, 0.5) is 0 Å². The zero-order valence-electron chi connectivity index (χ0n) is 5.89. The van der Waals surface area contributed by atoms with Crippen molar-refractivity contribution in [3.63, 3.8) is 0 Å². The first-order chi connectivity index (χ1) is 4.85. The molecule has 0 aromatic heterocycles. The van der Waals surface area contributed by atoms with E-state index in [1.54, 1.807) is 6.08 Å². The monoisotopic (exact) mass is 196 g/mol. The van der Waals surface area contributed by atoms with Gasteiger partial charge in [0.15, 0.2) is 0 Å². The Bertz CT molecular complexity index is 211. The van der Waals surface area contributed by atoms with Crippen molar-refractivity contribution in [2.75, 3.05) is 0 Å². The summed E-state index contributed by atoms with van der Waals surface area (Å²) in [6, 6.07) is 0. The highest BCUT2D eigenvalue weighted by atomic mass is 79.9. The summed E-state index contributed by atoms with van der Waals surface area (Å²) in [7, 11) is 0. The largest absolute Gasteiger partial charge is 0.0978 e. The van der Waals surface area contributed by atoms with Crippen LogP contribution in [0.2, 0.25) is 0 Å². The molecule has 1 heteroatoms. The first kappa shape index (κ1) is 9.26. The van der Waals surface area contributed by atoms with Crippen molar-refractivity contribution in [1.29, 1.82) is 0 Å². The molecule has 0 atom stereocenters. The highest BCUT2D eigenvalue weighted by Gasteiger charge is 1.77. The van der Waals surface area contributed by atoms with Crippen LogP contribution >= 0.6 is 15.9 Å². The predicted octanol–water partition coefficient (Wildman–Crippen LogP) is 3.03. The smallest absolute Gasteiger partial charge is 0.0248 e. The van der Waals surface area contributed by atoms with Crippen molar-refractivity contribution < 1.29 is 0 Å². The molecule has 0 unspecified atom stereocenters. The molecule has 0 spiro atoms. The van der Waals surface area contributed by atoms with Gasteiger partial charge in [-0.25, -0.2) is 0 Å². The van der Waals surface area contributed by atoms with Crippen molar-refractivity contribution in [2.24, 2.45) is 0 Å². The Morgan fingerprint density at radius 3 is 2.70 bits per heavy atom. The molecule has 0 radical (unpaired) electrons. The molecule has 0 fully saturated rings. The highest BCUT2D eigenvalue weighted by molar-refractivity contribution is 9.12. The molecule has 0 bridgehead atoms. The molecule has 0 aromatic carbocycles. The molecule has 0 nitrogen and oxygen atoms in total. The molecule has 0 saturated heterocycles. The molecule has 0 amide bonds. The summed E-state index contributed by atoms with van der Waals surface area (Å²) >= 11 is 3.01. The molecule has 0 saturated carbocycles. The van der Waals surface area contributed by atoms with Gasteiger partial charge < -0.3 is 0 Å². The van der Waals surface area contributed by atoms with E-state index >= 15 is 0 Å². The molecule has 0 aliphatic rings. The second-order valence-corrected chi connectivity index (χ2v) is 1.97. The van der Waals surface area contributed by atoms with Gasteiger partial charge in [-0.05, 0) is 17.8 Å². The van der Waals surface area contributed by atoms with Gasteiger partial charge in [0.1, 0.15) is 0 Å². The fourth-order valence-corrected chi connectivity index (χ4v) is 0.644. The number of hydrogen-bond donors (Lipinski definition) is 0. The molecular weight excluding hydrogens is 188 g/mol. The summed E-state index contributed by atoms with van der Waals surface area (Å²) in [5.74, 6) is 2.83. The van der Waals surface area contributed by atoms with Gasteiger partial charge in [-0.15, -0.1) is 0 Å². The average Bonchev–Trinajstić information content (AvgIpc) is 1.98. The number of hydrogen-bond acceptors (Lipinski definition) is 0. The number of rotatable bonds is 2. The lowest BCUT2D eigenvalue weighted by atomic mass is 10.2. The zero-order valence-corrected chi connectivity index (χ0v) is 7.48. The Balaban J connectivity index is 4.28. The van der Waals surface area contributed by atoms with E-state index in [2.05, 4.69) is 33.3 Å². The van der Waals surface area contributed by atoms with E-state index in [4.69, 9.17) is 0 Å². The third kappa shape index (κ3) is 4.17. The number of allylic oxidation sites excluding steroid dienone is 5. The summed E-state index contributed by atoms with van der Waals surface area (Å²) in [5, 5.41) is 0. The zero-order chi connectivity index (χ0) is 7.82. The molecule has 0 N–H and O–H groups in total. The van der Waals surface area contributed by atoms with Crippen LogP contribution in [-0.4, -0.2) is 0 Å². The Morgan fingerprint density at radius 1 is 1.60 bits per heavy atom. The first-order valence-corrected chi connectivity index (χ1v) is 3.71. The fourth-order valence-electron chi connectivity index (χ4n) is 0.415. The summed E-state index contributed by atoms with van der Waals surface area (Å²) in [6.07, 6.45) is 7.49. The van der Waals surface area contributed by atoms with Crippen molar-refractivity contribution in [1.82, 2.24) is 0 Å². The van der Waals surface area contributed by atoms with Crippen LogP contribution in [0, 0.1) is 10.8 Å². The van der Waals surface area contributed by atoms with Crippen molar-refractivity contribution in [2.45, 2.75) is 6.92 Å². The van der Waals surface area contributed by atoms with Crippen LogP contribution in [0.15, 0.2) is 36.5 Å². The second-order valence-electron chi connectivity index (χ2n) is 1.57.